The molecule has 2 aromatic carbocycles. The summed E-state index contributed by atoms with van der Waals surface area (Å²) in [7, 11) is 0. The number of hydrogen-bond acceptors (Lipinski definition) is 5. The van der Waals surface area contributed by atoms with Crippen molar-refractivity contribution in [1.82, 2.24) is 15.5 Å². The Balaban J connectivity index is 1.81. The second-order valence-corrected chi connectivity index (χ2v) is 7.50. The van der Waals surface area contributed by atoms with E-state index in [9.17, 15) is 14.4 Å². The van der Waals surface area contributed by atoms with E-state index < -0.39 is 6.04 Å². The first kappa shape index (κ1) is 21.2. The van der Waals surface area contributed by atoms with Crippen LogP contribution in [0.5, 0.6) is 0 Å². The third-order valence-corrected chi connectivity index (χ3v) is 4.66. The highest BCUT2D eigenvalue weighted by Crippen LogP contribution is 2.20. The van der Waals surface area contributed by atoms with E-state index in [1.807, 2.05) is 31.2 Å². The van der Waals surface area contributed by atoms with Gasteiger partial charge in [0.05, 0.1) is 36.1 Å². The van der Waals surface area contributed by atoms with E-state index >= 15 is 0 Å². The lowest BCUT2D eigenvalue weighted by Gasteiger charge is -2.20. The molecule has 0 aliphatic heterocycles. The van der Waals surface area contributed by atoms with Crippen LogP contribution in [0.4, 0.5) is 0 Å². The van der Waals surface area contributed by atoms with Crippen molar-refractivity contribution in [2.75, 3.05) is 0 Å². The Morgan fingerprint density at radius 2 is 1.73 bits per heavy atom. The standard InChI is InChI=1S/C23H25N3O4/c1-14(2)30-22(28)13-19(16-10-8-15(3)9-11-16)24-21(27)12-20-17-6-4-5-7-18(17)23(29)26-25-20/h4-11,14,19H,12-13H2,1-3H3,(H,24,27)(H,26,29)/t19-/m1/s1. The first-order valence-electron chi connectivity index (χ1n) is 9.85. The molecule has 0 aliphatic rings. The summed E-state index contributed by atoms with van der Waals surface area (Å²) >= 11 is 0. The predicted octanol–water partition coefficient (Wildman–Crippen LogP) is 2.97. The van der Waals surface area contributed by atoms with Gasteiger partial charge in [-0.05, 0) is 32.4 Å². The molecule has 0 saturated carbocycles. The number of aryl methyl sites for hydroxylation is 1. The average molecular weight is 407 g/mol. The molecular weight excluding hydrogens is 382 g/mol. The zero-order chi connectivity index (χ0) is 21.7. The number of H-pyrrole nitrogens is 1. The molecule has 1 aromatic heterocycles. The molecule has 0 fully saturated rings. The van der Waals surface area contributed by atoms with Crippen LogP contribution in [-0.4, -0.2) is 28.2 Å². The van der Waals surface area contributed by atoms with E-state index in [2.05, 4.69) is 15.5 Å². The highest BCUT2D eigenvalue weighted by Gasteiger charge is 2.21. The van der Waals surface area contributed by atoms with Gasteiger partial charge in [0.15, 0.2) is 0 Å². The Morgan fingerprint density at radius 3 is 2.40 bits per heavy atom. The number of carbonyl (C=O) groups excluding carboxylic acids is 2. The molecule has 0 radical (unpaired) electrons. The molecule has 1 amide bonds. The summed E-state index contributed by atoms with van der Waals surface area (Å²) in [5.74, 6) is -0.689. The molecule has 0 saturated heterocycles. The summed E-state index contributed by atoms with van der Waals surface area (Å²) in [6.45, 7) is 5.53. The molecule has 0 unspecified atom stereocenters. The van der Waals surface area contributed by atoms with Crippen LogP contribution in [0.2, 0.25) is 0 Å². The fourth-order valence-electron chi connectivity index (χ4n) is 3.23. The molecular formula is C23H25N3O4. The van der Waals surface area contributed by atoms with E-state index in [0.717, 1.165) is 11.1 Å². The summed E-state index contributed by atoms with van der Waals surface area (Å²) in [4.78, 5) is 37.0. The van der Waals surface area contributed by atoms with Gasteiger partial charge in [-0.1, -0.05) is 48.0 Å². The van der Waals surface area contributed by atoms with Gasteiger partial charge in [0.2, 0.25) is 5.91 Å². The fraction of sp³-hybridized carbons (Fsp3) is 0.304. The van der Waals surface area contributed by atoms with E-state index in [0.29, 0.717) is 16.5 Å². The predicted molar refractivity (Wildman–Crippen MR) is 114 cm³/mol. The number of nitrogens with zero attached hydrogens (tertiary/aromatic N) is 1. The summed E-state index contributed by atoms with van der Waals surface area (Å²) in [5.41, 5.74) is 2.06. The lowest BCUT2D eigenvalue weighted by molar-refractivity contribution is -0.148. The second kappa shape index (κ2) is 9.35. The maximum Gasteiger partial charge on any atom is 0.308 e. The first-order valence-corrected chi connectivity index (χ1v) is 9.85. The number of ether oxygens (including phenoxy) is 1. The van der Waals surface area contributed by atoms with Crippen LogP contribution in [0.3, 0.4) is 0 Å². The molecule has 0 spiro atoms. The third-order valence-electron chi connectivity index (χ3n) is 4.66. The minimum atomic E-state index is -0.529. The van der Waals surface area contributed by atoms with Crippen LogP contribution in [0, 0.1) is 6.92 Å². The topological polar surface area (TPSA) is 101 Å². The van der Waals surface area contributed by atoms with Gasteiger partial charge in [0.1, 0.15) is 0 Å². The number of rotatable bonds is 7. The van der Waals surface area contributed by atoms with Crippen molar-refractivity contribution in [3.8, 4) is 0 Å². The lowest BCUT2D eigenvalue weighted by Crippen LogP contribution is -2.32. The van der Waals surface area contributed by atoms with Gasteiger partial charge < -0.3 is 10.1 Å². The minimum Gasteiger partial charge on any atom is -0.463 e. The number of aromatic nitrogens is 2. The van der Waals surface area contributed by atoms with Crippen molar-refractivity contribution in [3.63, 3.8) is 0 Å². The Hall–Kier alpha value is -3.48. The summed E-state index contributed by atoms with van der Waals surface area (Å²) in [6.07, 6.45) is -0.241. The van der Waals surface area contributed by atoms with Crippen molar-refractivity contribution < 1.29 is 14.3 Å². The molecule has 1 atom stereocenters. The number of esters is 1. The van der Waals surface area contributed by atoms with Gasteiger partial charge in [-0.15, -0.1) is 0 Å². The van der Waals surface area contributed by atoms with Crippen molar-refractivity contribution in [1.29, 1.82) is 0 Å². The number of aromatic amines is 1. The van der Waals surface area contributed by atoms with Gasteiger partial charge in [-0.3, -0.25) is 14.4 Å². The second-order valence-electron chi connectivity index (χ2n) is 7.50. The summed E-state index contributed by atoms with van der Waals surface area (Å²) < 4.78 is 5.25. The number of fused-ring (bicyclic) bond motifs is 1. The normalized spacial score (nSPS) is 12.0. The van der Waals surface area contributed by atoms with E-state index in [4.69, 9.17) is 4.74 Å². The third kappa shape index (κ3) is 5.31. The molecule has 0 aliphatic carbocycles. The highest BCUT2D eigenvalue weighted by molar-refractivity contribution is 5.88. The van der Waals surface area contributed by atoms with Crippen molar-refractivity contribution >= 4 is 22.6 Å². The monoisotopic (exact) mass is 407 g/mol. The van der Waals surface area contributed by atoms with Crippen LogP contribution in [0.25, 0.3) is 10.8 Å². The average Bonchev–Trinajstić information content (AvgIpc) is 2.70. The SMILES string of the molecule is Cc1ccc([C@@H](CC(=O)OC(C)C)NC(=O)Cc2n[nH]c(=O)c3ccccc23)cc1. The van der Waals surface area contributed by atoms with Gasteiger partial charge in [0.25, 0.3) is 5.56 Å². The zero-order valence-corrected chi connectivity index (χ0v) is 17.3. The molecule has 3 aromatic rings. The maximum absolute atomic E-state index is 12.8. The number of amides is 1. The van der Waals surface area contributed by atoms with Crippen molar-refractivity contribution in [2.45, 2.75) is 45.8 Å². The van der Waals surface area contributed by atoms with E-state index in [1.165, 1.54) is 0 Å². The number of carbonyl (C=O) groups is 2. The quantitative estimate of drug-likeness (QED) is 0.587. The van der Waals surface area contributed by atoms with Gasteiger partial charge >= 0.3 is 5.97 Å². The molecule has 0 bridgehead atoms. The zero-order valence-electron chi connectivity index (χ0n) is 17.3. The molecule has 7 nitrogen and oxygen atoms in total. The van der Waals surface area contributed by atoms with E-state index in [1.54, 1.807) is 38.1 Å². The Labute approximate surface area is 174 Å². The Morgan fingerprint density at radius 1 is 1.07 bits per heavy atom. The van der Waals surface area contributed by atoms with Gasteiger partial charge in [0, 0.05) is 5.39 Å². The summed E-state index contributed by atoms with van der Waals surface area (Å²) in [5, 5.41) is 10.5. The van der Waals surface area contributed by atoms with Gasteiger partial charge in [-0.2, -0.15) is 5.10 Å². The molecule has 2 N–H and O–H groups in total. The Kier molecular flexibility index (Phi) is 6.61. The number of benzene rings is 2. The Bertz CT molecular complexity index is 1100. The van der Waals surface area contributed by atoms with Crippen LogP contribution < -0.4 is 10.9 Å². The molecule has 1 heterocycles. The fourth-order valence-corrected chi connectivity index (χ4v) is 3.23. The van der Waals surface area contributed by atoms with Crippen LogP contribution >= 0.6 is 0 Å². The van der Waals surface area contributed by atoms with Crippen molar-refractivity contribution in [3.05, 3.63) is 75.7 Å². The molecule has 156 valence electrons. The number of hydrogen-bond donors (Lipinski definition) is 2. The van der Waals surface area contributed by atoms with Crippen LogP contribution in [0.1, 0.15) is 43.1 Å². The molecule has 3 rings (SSSR count). The van der Waals surface area contributed by atoms with Gasteiger partial charge in [-0.25, -0.2) is 5.10 Å². The minimum absolute atomic E-state index is 0.0206. The smallest absolute Gasteiger partial charge is 0.308 e. The largest absolute Gasteiger partial charge is 0.463 e. The van der Waals surface area contributed by atoms with Crippen LogP contribution in [0.15, 0.2) is 53.3 Å². The highest BCUT2D eigenvalue weighted by atomic mass is 16.5. The first-order chi connectivity index (χ1) is 14.3. The van der Waals surface area contributed by atoms with Crippen LogP contribution in [-0.2, 0) is 20.7 Å². The molecule has 30 heavy (non-hydrogen) atoms. The number of nitrogens with one attached hydrogen (secondary N) is 2. The van der Waals surface area contributed by atoms with E-state index in [-0.39, 0.29) is 36.4 Å². The molecule has 7 heteroatoms. The lowest BCUT2D eigenvalue weighted by atomic mass is 10.0. The summed E-state index contributed by atoms with van der Waals surface area (Å²) in [6, 6.07) is 14.1. The van der Waals surface area contributed by atoms with Crippen molar-refractivity contribution in [2.24, 2.45) is 0 Å². The maximum atomic E-state index is 12.8.